The summed E-state index contributed by atoms with van der Waals surface area (Å²) in [5.41, 5.74) is -5.74. The predicted octanol–water partition coefficient (Wildman–Crippen LogP) is 2.77. The third-order valence-corrected chi connectivity index (χ3v) is 9.61. The summed E-state index contributed by atoms with van der Waals surface area (Å²) in [6, 6.07) is 0. The third-order valence-electron chi connectivity index (χ3n) is 4.06. The molecule has 0 rings (SSSR count). The maximum absolute atomic E-state index is 12.2. The van der Waals surface area contributed by atoms with E-state index in [1.807, 2.05) is 18.7 Å². The maximum atomic E-state index is 12.2. The van der Waals surface area contributed by atoms with Gasteiger partial charge in [-0.05, 0) is 42.9 Å². The highest BCUT2D eigenvalue weighted by Crippen LogP contribution is 2.22. The van der Waals surface area contributed by atoms with E-state index in [2.05, 4.69) is 0 Å². The third kappa shape index (κ3) is 17.2. The summed E-state index contributed by atoms with van der Waals surface area (Å²) in [5.74, 6) is 1.92. The lowest BCUT2D eigenvalue weighted by molar-refractivity contribution is -0.143. The minimum absolute atomic E-state index is 0.114. The molecule has 0 aliphatic heterocycles. The number of hydrogen-bond donors (Lipinski definition) is 1. The molecule has 1 N–H and O–H groups in total. The van der Waals surface area contributed by atoms with E-state index in [0.29, 0.717) is 23.1 Å². The number of carbonyl (C=O) groups excluding carboxylic acids is 1. The van der Waals surface area contributed by atoms with Gasteiger partial charge in [0.25, 0.3) is 0 Å². The number of carbonyl (C=O) groups is 1. The zero-order valence-corrected chi connectivity index (χ0v) is 22.6. The zero-order chi connectivity index (χ0) is 26.1. The van der Waals surface area contributed by atoms with Crippen molar-refractivity contribution in [1.82, 2.24) is 4.13 Å². The van der Waals surface area contributed by atoms with Gasteiger partial charge < -0.3 is 14.2 Å². The van der Waals surface area contributed by atoms with Gasteiger partial charge in [0.05, 0.1) is 31.5 Å². The number of rotatable bonds is 21. The molecule has 0 aromatic rings. The van der Waals surface area contributed by atoms with Crippen molar-refractivity contribution in [2.24, 2.45) is 0 Å². The van der Waals surface area contributed by atoms with Crippen molar-refractivity contribution in [1.29, 1.82) is 0 Å². The van der Waals surface area contributed by atoms with E-state index in [-0.39, 0.29) is 25.6 Å². The van der Waals surface area contributed by atoms with Crippen LogP contribution in [0.2, 0.25) is 0 Å². The van der Waals surface area contributed by atoms with Crippen LogP contribution in [0.3, 0.4) is 0 Å². The van der Waals surface area contributed by atoms with Crippen molar-refractivity contribution < 1.29 is 49.0 Å². The van der Waals surface area contributed by atoms with Gasteiger partial charge in [0, 0.05) is 19.5 Å². The van der Waals surface area contributed by atoms with Gasteiger partial charge in [0.15, 0.2) is 0 Å². The van der Waals surface area contributed by atoms with E-state index >= 15 is 0 Å². The van der Waals surface area contributed by atoms with Gasteiger partial charge in [0.2, 0.25) is 10.0 Å². The molecule has 0 heterocycles. The van der Waals surface area contributed by atoms with E-state index in [4.69, 9.17) is 14.2 Å². The first-order valence-corrected chi connectivity index (χ1v) is 16.0. The Morgan fingerprint density at radius 2 is 1.59 bits per heavy atom. The second kappa shape index (κ2) is 18.1. The largest absolute Gasteiger partial charge is 0.512 e. The molecular weight excluding hydrogens is 543 g/mol. The molecule has 0 bridgehead atoms. The lowest BCUT2D eigenvalue weighted by Crippen LogP contribution is -2.41. The first-order valence-electron chi connectivity index (χ1n) is 10.6. The molecule has 0 saturated carbocycles. The number of esters is 1. The van der Waals surface area contributed by atoms with Gasteiger partial charge in [0.1, 0.15) is 0 Å². The molecule has 9 nitrogen and oxygen atoms in total. The van der Waals surface area contributed by atoms with Crippen LogP contribution in [-0.4, -0.2) is 90.1 Å². The summed E-state index contributed by atoms with van der Waals surface area (Å²) >= 11 is 3.42. The Hall–Kier alpha value is -0.260. The van der Waals surface area contributed by atoms with Crippen LogP contribution in [-0.2, 0) is 39.1 Å². The van der Waals surface area contributed by atoms with Gasteiger partial charge in [-0.25, -0.2) is 16.8 Å². The number of alkyl halides is 3. The Labute approximate surface area is 208 Å². The second-order valence-electron chi connectivity index (χ2n) is 6.95. The molecule has 0 amide bonds. The van der Waals surface area contributed by atoms with Crippen LogP contribution in [0.4, 0.5) is 13.2 Å². The topological polar surface area (TPSA) is 125 Å². The summed E-state index contributed by atoms with van der Waals surface area (Å²) in [7, 11) is -9.06. The predicted molar refractivity (Wildman–Crippen MR) is 128 cm³/mol. The van der Waals surface area contributed by atoms with Gasteiger partial charge in [-0.2, -0.15) is 36.7 Å². The summed E-state index contributed by atoms with van der Waals surface area (Å²) < 4.78 is 97.3. The first-order chi connectivity index (χ1) is 15.8. The van der Waals surface area contributed by atoms with Gasteiger partial charge in [-0.15, -0.1) is 4.13 Å². The van der Waals surface area contributed by atoms with Gasteiger partial charge in [-0.1, -0.05) is 6.92 Å². The Bertz CT molecular complexity index is 760. The summed E-state index contributed by atoms with van der Waals surface area (Å²) in [4.78, 5) is 11.6. The van der Waals surface area contributed by atoms with Crippen LogP contribution in [0, 0.1) is 0 Å². The van der Waals surface area contributed by atoms with Crippen LogP contribution in [0.5, 0.6) is 0 Å². The SMILES string of the molecule is CCC(COCCCSCCCSCCC(=O)OCCCS(=O)(=O)NS(=O)(=O)C(F)(F)F)OC. The molecule has 204 valence electrons. The lowest BCUT2D eigenvalue weighted by Gasteiger charge is -2.12. The number of sulfonamides is 2. The average molecular weight is 578 g/mol. The van der Waals surface area contributed by atoms with Crippen molar-refractivity contribution in [3.05, 3.63) is 0 Å². The lowest BCUT2D eigenvalue weighted by atomic mass is 10.3. The number of thioether (sulfide) groups is 2. The van der Waals surface area contributed by atoms with Gasteiger partial charge >= 0.3 is 21.5 Å². The standard InChI is InChI=1S/C18H34F3NO8S4/c1-3-16(28-2)15-29-8-4-10-31-11-6-12-32-13-7-17(23)30-9-5-14-33(24,25)22-34(26,27)18(19,20)21/h16,22H,3-15H2,1-2H3. The first kappa shape index (κ1) is 33.7. The molecule has 0 aliphatic rings. The van der Waals surface area contributed by atoms with Crippen LogP contribution in [0.1, 0.15) is 39.0 Å². The molecule has 0 radical (unpaired) electrons. The van der Waals surface area contributed by atoms with Crippen LogP contribution < -0.4 is 4.13 Å². The molecule has 1 unspecified atom stereocenters. The number of halogens is 3. The second-order valence-corrected chi connectivity index (χ2v) is 13.2. The monoisotopic (exact) mass is 577 g/mol. The van der Waals surface area contributed by atoms with Crippen LogP contribution >= 0.6 is 23.5 Å². The number of ether oxygens (including phenoxy) is 3. The van der Waals surface area contributed by atoms with Crippen molar-refractivity contribution >= 4 is 49.5 Å². The number of methoxy groups -OCH3 is 1. The number of nitrogens with one attached hydrogen (secondary N) is 1. The molecule has 34 heavy (non-hydrogen) atoms. The highest BCUT2D eigenvalue weighted by atomic mass is 32.3. The molecule has 0 aliphatic carbocycles. The minimum atomic E-state index is -6.00. The van der Waals surface area contributed by atoms with Gasteiger partial charge in [-0.3, -0.25) is 4.79 Å². The van der Waals surface area contributed by atoms with E-state index in [9.17, 15) is 34.8 Å². The van der Waals surface area contributed by atoms with E-state index in [1.165, 1.54) is 0 Å². The minimum Gasteiger partial charge on any atom is -0.466 e. The molecule has 0 aromatic heterocycles. The normalized spacial score (nSPS) is 13.7. The fourth-order valence-electron chi connectivity index (χ4n) is 2.22. The molecular formula is C18H34F3NO8S4. The Kier molecular flexibility index (Phi) is 17.9. The Balaban J connectivity index is 3.65. The average Bonchev–Trinajstić information content (AvgIpc) is 2.73. The van der Waals surface area contributed by atoms with E-state index in [1.54, 1.807) is 18.9 Å². The van der Waals surface area contributed by atoms with Crippen molar-refractivity contribution in [3.8, 4) is 0 Å². The number of hydrogen-bond acceptors (Lipinski definition) is 10. The Morgan fingerprint density at radius 3 is 2.18 bits per heavy atom. The van der Waals surface area contributed by atoms with Crippen molar-refractivity contribution in [3.63, 3.8) is 0 Å². The highest BCUT2D eigenvalue weighted by Gasteiger charge is 2.48. The molecule has 0 fully saturated rings. The quantitative estimate of drug-likeness (QED) is 0.161. The molecule has 0 saturated heterocycles. The highest BCUT2D eigenvalue weighted by molar-refractivity contribution is 8.05. The molecule has 1 atom stereocenters. The van der Waals surface area contributed by atoms with Crippen molar-refractivity contribution in [2.45, 2.75) is 50.6 Å². The smallest absolute Gasteiger partial charge is 0.466 e. The van der Waals surface area contributed by atoms with E-state index < -0.39 is 37.3 Å². The zero-order valence-electron chi connectivity index (χ0n) is 19.3. The molecule has 16 heteroatoms. The summed E-state index contributed by atoms with van der Waals surface area (Å²) in [6.07, 6.45) is 2.80. The van der Waals surface area contributed by atoms with Crippen molar-refractivity contribution in [2.75, 3.05) is 55.7 Å². The summed E-state index contributed by atoms with van der Waals surface area (Å²) in [6.45, 7) is 3.02. The fourth-order valence-corrected chi connectivity index (χ4v) is 6.68. The maximum Gasteiger partial charge on any atom is 0.512 e. The fraction of sp³-hybridized carbons (Fsp3) is 0.944. The molecule has 0 aromatic carbocycles. The Morgan fingerprint density at radius 1 is 0.971 bits per heavy atom. The molecule has 0 spiro atoms. The van der Waals surface area contributed by atoms with Crippen LogP contribution in [0.15, 0.2) is 0 Å². The summed E-state index contributed by atoms with van der Waals surface area (Å²) in [5, 5.41) is 0. The van der Waals surface area contributed by atoms with Crippen LogP contribution in [0.25, 0.3) is 0 Å². The van der Waals surface area contributed by atoms with E-state index in [0.717, 1.165) is 36.5 Å².